The summed E-state index contributed by atoms with van der Waals surface area (Å²) in [6.07, 6.45) is 2.86. The van der Waals surface area contributed by atoms with Crippen LogP contribution in [0.4, 0.5) is 0 Å². The third kappa shape index (κ3) is 3.53. The topological polar surface area (TPSA) is 109 Å². The number of aromatic hydroxyl groups is 1. The molecular weight excluding hydrogens is 360 g/mol. The maximum Gasteiger partial charge on any atom is 0.276 e. The Hall–Kier alpha value is -2.35. The Morgan fingerprint density at radius 1 is 1.25 bits per heavy atom. The molecule has 1 fully saturated rings. The van der Waals surface area contributed by atoms with Crippen molar-refractivity contribution in [2.24, 2.45) is 17.6 Å². The van der Waals surface area contributed by atoms with Crippen molar-refractivity contribution in [2.75, 3.05) is 13.1 Å². The Bertz CT molecular complexity index is 845. The van der Waals surface area contributed by atoms with Crippen LogP contribution in [0.15, 0.2) is 11.0 Å². The van der Waals surface area contributed by atoms with Crippen LogP contribution in [0.3, 0.4) is 0 Å². The van der Waals surface area contributed by atoms with E-state index in [1.165, 1.54) is 10.8 Å². The summed E-state index contributed by atoms with van der Waals surface area (Å²) < 4.78 is 1.52. The molecule has 1 saturated heterocycles. The largest absolute Gasteiger partial charge is 0.503 e. The van der Waals surface area contributed by atoms with E-state index in [2.05, 4.69) is 32.6 Å². The first-order valence-corrected chi connectivity index (χ1v) is 9.94. The van der Waals surface area contributed by atoms with E-state index in [1.807, 2.05) is 4.90 Å². The predicted molar refractivity (Wildman–Crippen MR) is 105 cm³/mol. The summed E-state index contributed by atoms with van der Waals surface area (Å²) >= 11 is 0. The normalized spacial score (nSPS) is 22.5. The molecule has 3 N–H and O–H groups in total. The first-order chi connectivity index (χ1) is 13.1. The summed E-state index contributed by atoms with van der Waals surface area (Å²) in [6.45, 7) is 10.6. The fourth-order valence-corrected chi connectivity index (χ4v) is 4.48. The number of primary amides is 1. The van der Waals surface area contributed by atoms with E-state index in [1.54, 1.807) is 0 Å². The molecule has 2 unspecified atom stereocenters. The van der Waals surface area contributed by atoms with Gasteiger partial charge in [0.15, 0.2) is 11.4 Å². The van der Waals surface area contributed by atoms with Crippen molar-refractivity contribution in [2.45, 2.75) is 59.3 Å². The number of hydrogen-bond acceptors (Lipinski definition) is 5. The summed E-state index contributed by atoms with van der Waals surface area (Å²) in [4.78, 5) is 41.4. The molecule has 3 heterocycles. The second kappa shape index (κ2) is 7.58. The van der Waals surface area contributed by atoms with Gasteiger partial charge in [0.25, 0.3) is 11.8 Å². The number of fused-ring (bicyclic) bond motifs is 2. The van der Waals surface area contributed by atoms with E-state index in [0.717, 1.165) is 25.9 Å². The van der Waals surface area contributed by atoms with Gasteiger partial charge in [-0.1, -0.05) is 27.7 Å². The van der Waals surface area contributed by atoms with Crippen molar-refractivity contribution >= 4 is 11.8 Å². The Labute approximate surface area is 164 Å². The van der Waals surface area contributed by atoms with Gasteiger partial charge in [-0.25, -0.2) is 0 Å². The Kier molecular flexibility index (Phi) is 5.52. The Morgan fingerprint density at radius 3 is 2.50 bits per heavy atom. The second-order valence-corrected chi connectivity index (χ2v) is 8.74. The lowest BCUT2D eigenvalue weighted by Crippen LogP contribution is -2.65. The van der Waals surface area contributed by atoms with Gasteiger partial charge < -0.3 is 20.3 Å². The third-order valence-corrected chi connectivity index (χ3v) is 5.55. The monoisotopic (exact) mass is 390 g/mol. The number of rotatable bonds is 5. The highest BCUT2D eigenvalue weighted by atomic mass is 16.3. The number of nitrogens with two attached hydrogens (primary N) is 1. The molecule has 0 radical (unpaired) electrons. The minimum Gasteiger partial charge on any atom is -0.503 e. The first kappa shape index (κ1) is 20.4. The lowest BCUT2D eigenvalue weighted by molar-refractivity contribution is -0.0449. The van der Waals surface area contributed by atoms with E-state index in [9.17, 15) is 19.5 Å². The standard InChI is InChI=1S/C20H30N4O4/c1-11(2)7-13-5-6-22(8-12(3)4)15-10-23-9-14(19(21)27)17(25)18(26)16(23)20(28)24(13)15/h9,11-13,15,26H,5-8,10H2,1-4H3,(H2,21,27). The highest BCUT2D eigenvalue weighted by Crippen LogP contribution is 2.33. The van der Waals surface area contributed by atoms with E-state index in [-0.39, 0.29) is 29.4 Å². The molecule has 2 atom stereocenters. The maximum atomic E-state index is 13.4. The molecule has 0 aromatic carbocycles. The van der Waals surface area contributed by atoms with Crippen LogP contribution in [0.1, 0.15) is 61.4 Å². The van der Waals surface area contributed by atoms with Gasteiger partial charge in [0.1, 0.15) is 11.7 Å². The molecule has 0 bridgehead atoms. The minimum absolute atomic E-state index is 0.0496. The highest BCUT2D eigenvalue weighted by molar-refractivity contribution is 5.98. The SMILES string of the molecule is CC(C)CC1CCN(CC(C)C)C2Cn3cc(C(N)=O)c(=O)c(O)c3C(=O)N12. The second-order valence-electron chi connectivity index (χ2n) is 8.74. The molecule has 1 aromatic rings. The van der Waals surface area contributed by atoms with Crippen LogP contribution in [-0.4, -0.2) is 56.6 Å². The fraction of sp³-hybridized carbons (Fsp3) is 0.650. The summed E-state index contributed by atoms with van der Waals surface area (Å²) in [5.41, 5.74) is 4.05. The molecule has 0 aliphatic carbocycles. The quantitative estimate of drug-likeness (QED) is 0.785. The van der Waals surface area contributed by atoms with Crippen LogP contribution >= 0.6 is 0 Å². The molecule has 8 heteroatoms. The summed E-state index contributed by atoms with van der Waals surface area (Å²) in [7, 11) is 0. The van der Waals surface area contributed by atoms with Gasteiger partial charge in [0.05, 0.1) is 6.54 Å². The van der Waals surface area contributed by atoms with Gasteiger partial charge in [0.2, 0.25) is 5.43 Å². The lowest BCUT2D eigenvalue weighted by atomic mass is 9.94. The molecule has 2 aliphatic heterocycles. The van der Waals surface area contributed by atoms with Crippen molar-refractivity contribution in [3.05, 3.63) is 27.7 Å². The van der Waals surface area contributed by atoms with Crippen molar-refractivity contribution in [1.29, 1.82) is 0 Å². The average Bonchev–Trinajstić information content (AvgIpc) is 2.58. The molecule has 8 nitrogen and oxygen atoms in total. The lowest BCUT2D eigenvalue weighted by Gasteiger charge is -2.52. The first-order valence-electron chi connectivity index (χ1n) is 9.94. The van der Waals surface area contributed by atoms with Crippen LogP contribution in [0.25, 0.3) is 0 Å². The van der Waals surface area contributed by atoms with Crippen LogP contribution in [-0.2, 0) is 6.54 Å². The van der Waals surface area contributed by atoms with Crippen molar-refractivity contribution in [3.8, 4) is 5.75 Å². The third-order valence-electron chi connectivity index (χ3n) is 5.55. The van der Waals surface area contributed by atoms with Crippen molar-refractivity contribution in [1.82, 2.24) is 14.4 Å². The highest BCUT2D eigenvalue weighted by Gasteiger charge is 2.44. The fourth-order valence-electron chi connectivity index (χ4n) is 4.48. The maximum absolute atomic E-state index is 13.4. The van der Waals surface area contributed by atoms with E-state index in [4.69, 9.17) is 5.73 Å². The molecule has 2 aliphatic rings. The molecule has 0 spiro atoms. The number of aromatic nitrogens is 1. The van der Waals surface area contributed by atoms with Crippen LogP contribution in [0.5, 0.6) is 5.75 Å². The van der Waals surface area contributed by atoms with Crippen molar-refractivity contribution < 1.29 is 14.7 Å². The number of nitrogens with zero attached hydrogens (tertiary/aromatic N) is 3. The number of amides is 2. The Morgan fingerprint density at radius 2 is 1.93 bits per heavy atom. The van der Waals surface area contributed by atoms with Gasteiger partial charge in [-0.3, -0.25) is 19.3 Å². The van der Waals surface area contributed by atoms with Gasteiger partial charge >= 0.3 is 0 Å². The predicted octanol–water partition coefficient (Wildman–Crippen LogP) is 1.21. The summed E-state index contributed by atoms with van der Waals surface area (Å²) in [5.74, 6) is -1.11. The number of carbonyl (C=O) groups is 2. The zero-order valence-electron chi connectivity index (χ0n) is 17.0. The zero-order chi connectivity index (χ0) is 20.7. The molecule has 2 amide bonds. The van der Waals surface area contributed by atoms with E-state index >= 15 is 0 Å². The van der Waals surface area contributed by atoms with Gasteiger partial charge in [0, 0.05) is 25.3 Å². The zero-order valence-corrected chi connectivity index (χ0v) is 17.0. The molecule has 28 heavy (non-hydrogen) atoms. The van der Waals surface area contributed by atoms with Gasteiger partial charge in [-0.05, 0) is 24.7 Å². The van der Waals surface area contributed by atoms with E-state index < -0.39 is 17.1 Å². The van der Waals surface area contributed by atoms with E-state index in [0.29, 0.717) is 18.4 Å². The van der Waals surface area contributed by atoms with Crippen LogP contribution in [0, 0.1) is 11.8 Å². The van der Waals surface area contributed by atoms with Crippen LogP contribution < -0.4 is 11.2 Å². The summed E-state index contributed by atoms with van der Waals surface area (Å²) in [5, 5.41) is 10.4. The molecule has 3 rings (SSSR count). The van der Waals surface area contributed by atoms with Gasteiger partial charge in [-0.2, -0.15) is 0 Å². The Balaban J connectivity index is 2.10. The number of pyridine rings is 1. The molecular formula is C20H30N4O4. The van der Waals surface area contributed by atoms with Crippen molar-refractivity contribution in [3.63, 3.8) is 0 Å². The molecule has 154 valence electrons. The van der Waals surface area contributed by atoms with Gasteiger partial charge in [-0.15, -0.1) is 0 Å². The molecule has 0 saturated carbocycles. The number of hydrogen-bond donors (Lipinski definition) is 2. The average molecular weight is 390 g/mol. The molecule has 1 aromatic heterocycles. The smallest absolute Gasteiger partial charge is 0.276 e. The summed E-state index contributed by atoms with van der Waals surface area (Å²) in [6, 6.07) is 0.0555. The van der Waals surface area contributed by atoms with Crippen LogP contribution in [0.2, 0.25) is 0 Å². The minimum atomic E-state index is -0.911. The number of carbonyl (C=O) groups excluding carboxylic acids is 2.